The van der Waals surface area contributed by atoms with E-state index in [0.717, 1.165) is 44.3 Å². The van der Waals surface area contributed by atoms with Crippen molar-refractivity contribution in [3.63, 3.8) is 0 Å². The maximum atomic E-state index is 11.3. The van der Waals surface area contributed by atoms with Gasteiger partial charge in [0.25, 0.3) is 0 Å². The molecule has 1 aliphatic rings. The molecule has 2 rings (SSSR count). The minimum atomic E-state index is -0.0560. The van der Waals surface area contributed by atoms with Gasteiger partial charge in [-0.15, -0.1) is 0 Å². The zero-order chi connectivity index (χ0) is 9.97. The molecule has 0 atom stereocenters. The molecule has 0 unspecified atom stereocenters. The average Bonchev–Trinajstić information content (AvgIpc) is 2.46. The molecule has 14 heavy (non-hydrogen) atoms. The zero-order valence-electron chi connectivity index (χ0n) is 8.19. The number of hydrogen-bond donors (Lipinski definition) is 1. The summed E-state index contributed by atoms with van der Waals surface area (Å²) in [6.45, 7) is 3.91. The summed E-state index contributed by atoms with van der Waals surface area (Å²) in [5, 5.41) is 0. The van der Waals surface area contributed by atoms with E-state index >= 15 is 0 Å². The maximum absolute atomic E-state index is 11.3. The Morgan fingerprint density at radius 2 is 2.21 bits per heavy atom. The van der Waals surface area contributed by atoms with E-state index in [1.54, 1.807) is 0 Å². The first-order valence-corrected chi connectivity index (χ1v) is 5.52. The third-order valence-corrected chi connectivity index (χ3v) is 3.03. The smallest absolute Gasteiger partial charge is 0.302 e. The highest BCUT2D eigenvalue weighted by Crippen LogP contribution is 2.08. The van der Waals surface area contributed by atoms with Crippen molar-refractivity contribution in [3.8, 4) is 0 Å². The monoisotopic (exact) mass is 214 g/mol. The van der Waals surface area contributed by atoms with Crippen molar-refractivity contribution in [2.45, 2.75) is 6.42 Å². The highest BCUT2D eigenvalue weighted by molar-refractivity contribution is 6.99. The highest BCUT2D eigenvalue weighted by Gasteiger charge is 2.16. The van der Waals surface area contributed by atoms with Gasteiger partial charge in [-0.2, -0.15) is 4.37 Å². The van der Waals surface area contributed by atoms with Crippen LogP contribution < -0.4 is 10.5 Å². The van der Waals surface area contributed by atoms with Gasteiger partial charge in [0.15, 0.2) is 0 Å². The molecule has 0 amide bonds. The summed E-state index contributed by atoms with van der Waals surface area (Å²) in [4.78, 5) is 15.7. The summed E-state index contributed by atoms with van der Waals surface area (Å²) in [5.41, 5.74) is -0.0560. The van der Waals surface area contributed by atoms with Crippen molar-refractivity contribution in [1.82, 2.24) is 13.6 Å². The Morgan fingerprint density at radius 1 is 1.36 bits per heavy atom. The molecule has 1 saturated heterocycles. The van der Waals surface area contributed by atoms with Crippen LogP contribution in [0.25, 0.3) is 0 Å². The first-order chi connectivity index (χ1) is 6.77. The van der Waals surface area contributed by atoms with Crippen LogP contribution in [0.5, 0.6) is 0 Å². The van der Waals surface area contributed by atoms with E-state index < -0.39 is 0 Å². The molecule has 2 heterocycles. The van der Waals surface area contributed by atoms with Crippen LogP contribution in [0.4, 0.5) is 5.82 Å². The molecule has 0 radical (unpaired) electrons. The first-order valence-electron chi connectivity index (χ1n) is 4.75. The van der Waals surface area contributed by atoms with Gasteiger partial charge in [-0.25, -0.2) is 0 Å². The van der Waals surface area contributed by atoms with Crippen LogP contribution in [0.1, 0.15) is 6.42 Å². The van der Waals surface area contributed by atoms with Crippen LogP contribution in [0.15, 0.2) is 4.79 Å². The van der Waals surface area contributed by atoms with Crippen molar-refractivity contribution in [2.75, 3.05) is 38.1 Å². The van der Waals surface area contributed by atoms with Crippen molar-refractivity contribution in [1.29, 1.82) is 0 Å². The number of rotatable bonds is 1. The molecule has 0 bridgehead atoms. The van der Waals surface area contributed by atoms with Gasteiger partial charge in [-0.05, 0) is 20.0 Å². The number of nitrogens with one attached hydrogen (secondary N) is 1. The quantitative estimate of drug-likeness (QED) is 0.713. The van der Waals surface area contributed by atoms with Crippen LogP contribution in [0.3, 0.4) is 0 Å². The standard InChI is InChI=1S/C8H14N4OS/c1-11-3-2-4-12(6-5-11)7-8(13)10-14-9-7/h2-6H2,1H3,(H,10,13). The van der Waals surface area contributed by atoms with Crippen LogP contribution in [0, 0.1) is 0 Å². The Hall–Kier alpha value is -0.880. The number of aromatic amines is 1. The van der Waals surface area contributed by atoms with Crippen molar-refractivity contribution >= 4 is 17.5 Å². The van der Waals surface area contributed by atoms with Gasteiger partial charge in [-0.1, -0.05) is 0 Å². The number of likely N-dealkylation sites (N-methyl/N-ethyl adjacent to an activating group) is 1. The molecule has 1 fully saturated rings. The molecule has 0 spiro atoms. The van der Waals surface area contributed by atoms with Crippen LogP contribution >= 0.6 is 11.7 Å². The lowest BCUT2D eigenvalue weighted by Crippen LogP contribution is -2.32. The minimum absolute atomic E-state index is 0.0560. The molecule has 6 heteroatoms. The summed E-state index contributed by atoms with van der Waals surface area (Å²) in [5.74, 6) is 0.588. The largest absolute Gasteiger partial charge is 0.350 e. The van der Waals surface area contributed by atoms with Gasteiger partial charge >= 0.3 is 5.56 Å². The summed E-state index contributed by atoms with van der Waals surface area (Å²) < 4.78 is 6.70. The second-order valence-corrected chi connectivity index (χ2v) is 4.15. The van der Waals surface area contributed by atoms with Gasteiger partial charge in [0.1, 0.15) is 0 Å². The molecule has 0 aliphatic carbocycles. The summed E-state index contributed by atoms with van der Waals surface area (Å²) in [6.07, 6.45) is 1.09. The predicted octanol–water partition coefficient (Wildman–Crippen LogP) is -0.0267. The number of H-pyrrole nitrogens is 1. The van der Waals surface area contributed by atoms with Gasteiger partial charge < -0.3 is 9.80 Å². The molecule has 0 saturated carbocycles. The fourth-order valence-electron chi connectivity index (χ4n) is 1.65. The zero-order valence-corrected chi connectivity index (χ0v) is 9.01. The average molecular weight is 214 g/mol. The fraction of sp³-hybridized carbons (Fsp3) is 0.750. The third-order valence-electron chi connectivity index (χ3n) is 2.49. The third kappa shape index (κ3) is 1.96. The van der Waals surface area contributed by atoms with Gasteiger partial charge in [-0.3, -0.25) is 9.17 Å². The molecule has 1 aromatic rings. The van der Waals surface area contributed by atoms with Crippen molar-refractivity contribution < 1.29 is 0 Å². The lowest BCUT2D eigenvalue weighted by molar-refractivity contribution is 0.360. The van der Waals surface area contributed by atoms with E-state index in [9.17, 15) is 4.79 Å². The van der Waals surface area contributed by atoms with E-state index in [2.05, 4.69) is 25.6 Å². The Labute approximate surface area is 86.7 Å². The van der Waals surface area contributed by atoms with Crippen LogP contribution in [-0.2, 0) is 0 Å². The number of anilines is 1. The SMILES string of the molecule is CN1CCCN(c2ns[nH]c2=O)CC1. The molecule has 1 aliphatic heterocycles. The minimum Gasteiger partial charge on any atom is -0.350 e. The van der Waals surface area contributed by atoms with E-state index in [-0.39, 0.29) is 5.56 Å². The Balaban J connectivity index is 2.11. The Kier molecular flexibility index (Phi) is 2.83. The van der Waals surface area contributed by atoms with Crippen molar-refractivity contribution in [2.24, 2.45) is 0 Å². The molecule has 1 N–H and O–H groups in total. The van der Waals surface area contributed by atoms with Gasteiger partial charge in [0.05, 0.1) is 0 Å². The molecule has 1 aromatic heterocycles. The molecule has 78 valence electrons. The highest BCUT2D eigenvalue weighted by atomic mass is 32.1. The number of hydrogen-bond acceptors (Lipinski definition) is 5. The predicted molar refractivity (Wildman–Crippen MR) is 57.1 cm³/mol. The Morgan fingerprint density at radius 3 is 2.93 bits per heavy atom. The second kappa shape index (κ2) is 4.10. The molecule has 5 nitrogen and oxygen atoms in total. The fourth-order valence-corrected chi connectivity index (χ4v) is 2.16. The van der Waals surface area contributed by atoms with Crippen LogP contribution in [-0.4, -0.2) is 46.9 Å². The van der Waals surface area contributed by atoms with Crippen LogP contribution in [0.2, 0.25) is 0 Å². The maximum Gasteiger partial charge on any atom is 0.302 e. The van der Waals surface area contributed by atoms with Gasteiger partial charge in [0, 0.05) is 31.4 Å². The normalized spacial score (nSPS) is 19.6. The molecular formula is C8H14N4OS. The topological polar surface area (TPSA) is 52.2 Å². The van der Waals surface area contributed by atoms with Gasteiger partial charge in [0.2, 0.25) is 5.82 Å². The number of aromatic nitrogens is 2. The van der Waals surface area contributed by atoms with E-state index in [1.165, 1.54) is 0 Å². The molecular weight excluding hydrogens is 200 g/mol. The lowest BCUT2D eigenvalue weighted by Gasteiger charge is -2.18. The second-order valence-electron chi connectivity index (χ2n) is 3.58. The Bertz CT molecular complexity index is 347. The lowest BCUT2D eigenvalue weighted by atomic mass is 10.4. The first kappa shape index (κ1) is 9.67. The van der Waals surface area contributed by atoms with Crippen molar-refractivity contribution in [3.05, 3.63) is 10.4 Å². The van der Waals surface area contributed by atoms with E-state index in [4.69, 9.17) is 0 Å². The summed E-state index contributed by atoms with van der Waals surface area (Å²) >= 11 is 1.12. The van der Waals surface area contributed by atoms with E-state index in [0.29, 0.717) is 5.82 Å². The molecule has 0 aromatic carbocycles. The summed E-state index contributed by atoms with van der Waals surface area (Å²) in [7, 11) is 2.11. The number of nitrogens with zero attached hydrogens (tertiary/aromatic N) is 3. The van der Waals surface area contributed by atoms with E-state index in [1.807, 2.05) is 0 Å². The summed E-state index contributed by atoms with van der Waals surface area (Å²) in [6, 6.07) is 0.